The quantitative estimate of drug-likeness (QED) is 0.854. The number of halogens is 1. The van der Waals surface area contributed by atoms with Crippen LogP contribution in [0.15, 0.2) is 42.7 Å². The molecule has 3 heteroatoms. The largest absolute Gasteiger partial charge is 0.326 e. The molecule has 1 aromatic carbocycles. The molecule has 2 nitrogen and oxygen atoms in total. The highest BCUT2D eigenvalue weighted by Crippen LogP contribution is 2.14. The van der Waals surface area contributed by atoms with Gasteiger partial charge in [0, 0.05) is 25.4 Å². The number of nitrogens with two attached hydrogens (primary N) is 1. The standard InChI is InChI=1S/C13H13FN2/c14-13-8-11(9-15)1-2-12(13)7-10-3-5-16-6-4-10/h1-6,8H,7,9,15H2. The molecule has 1 aromatic heterocycles. The Morgan fingerprint density at radius 1 is 1.06 bits per heavy atom. The topological polar surface area (TPSA) is 38.9 Å². The molecule has 2 N–H and O–H groups in total. The van der Waals surface area contributed by atoms with Gasteiger partial charge in [-0.25, -0.2) is 4.39 Å². The van der Waals surface area contributed by atoms with Crippen LogP contribution in [0.4, 0.5) is 4.39 Å². The molecule has 0 fully saturated rings. The molecule has 1 heterocycles. The Morgan fingerprint density at radius 3 is 2.44 bits per heavy atom. The first-order chi connectivity index (χ1) is 7.79. The van der Waals surface area contributed by atoms with Crippen molar-refractivity contribution in [3.8, 4) is 0 Å². The molecule has 0 aliphatic heterocycles. The smallest absolute Gasteiger partial charge is 0.127 e. The van der Waals surface area contributed by atoms with Crippen LogP contribution in [0.25, 0.3) is 0 Å². The van der Waals surface area contributed by atoms with Crippen LogP contribution < -0.4 is 5.73 Å². The van der Waals surface area contributed by atoms with Crippen molar-refractivity contribution in [1.82, 2.24) is 4.98 Å². The van der Waals surface area contributed by atoms with Crippen molar-refractivity contribution >= 4 is 0 Å². The molecule has 2 rings (SSSR count). The second kappa shape index (κ2) is 4.86. The minimum absolute atomic E-state index is 0.195. The molecule has 0 amide bonds. The van der Waals surface area contributed by atoms with Crippen LogP contribution in [-0.2, 0) is 13.0 Å². The first-order valence-corrected chi connectivity index (χ1v) is 5.16. The summed E-state index contributed by atoms with van der Waals surface area (Å²) < 4.78 is 13.7. The SMILES string of the molecule is NCc1ccc(Cc2ccncc2)c(F)c1. The monoisotopic (exact) mass is 216 g/mol. The minimum atomic E-state index is -0.195. The van der Waals surface area contributed by atoms with Crippen LogP contribution in [0.1, 0.15) is 16.7 Å². The van der Waals surface area contributed by atoms with Crippen molar-refractivity contribution in [3.63, 3.8) is 0 Å². The molecule has 0 atom stereocenters. The average Bonchev–Trinajstić information content (AvgIpc) is 2.33. The molecule has 0 spiro atoms. The molecule has 0 bridgehead atoms. The van der Waals surface area contributed by atoms with Gasteiger partial charge < -0.3 is 5.73 Å². The van der Waals surface area contributed by atoms with Gasteiger partial charge in [0.1, 0.15) is 5.82 Å². The molecule has 0 saturated heterocycles. The number of hydrogen-bond donors (Lipinski definition) is 1. The van der Waals surface area contributed by atoms with E-state index in [2.05, 4.69) is 4.98 Å². The Labute approximate surface area is 93.9 Å². The Bertz CT molecular complexity index is 469. The fourth-order valence-electron chi connectivity index (χ4n) is 1.58. The molecular formula is C13H13FN2. The summed E-state index contributed by atoms with van der Waals surface area (Å²) >= 11 is 0. The first-order valence-electron chi connectivity index (χ1n) is 5.16. The van der Waals surface area contributed by atoms with E-state index in [0.29, 0.717) is 18.5 Å². The van der Waals surface area contributed by atoms with Gasteiger partial charge in [0.15, 0.2) is 0 Å². The first kappa shape index (κ1) is 10.8. The average molecular weight is 216 g/mol. The second-order valence-electron chi connectivity index (χ2n) is 3.66. The lowest BCUT2D eigenvalue weighted by Gasteiger charge is -2.05. The normalized spacial score (nSPS) is 10.4. The van der Waals surface area contributed by atoms with Crippen molar-refractivity contribution in [1.29, 1.82) is 0 Å². The summed E-state index contributed by atoms with van der Waals surface area (Å²) in [4.78, 5) is 3.93. The molecule has 0 aliphatic rings. The Morgan fingerprint density at radius 2 is 1.81 bits per heavy atom. The molecule has 16 heavy (non-hydrogen) atoms. The van der Waals surface area contributed by atoms with Gasteiger partial charge in [0.2, 0.25) is 0 Å². The maximum absolute atomic E-state index is 13.7. The van der Waals surface area contributed by atoms with Crippen LogP contribution in [0, 0.1) is 5.82 Å². The van der Waals surface area contributed by atoms with Crippen LogP contribution >= 0.6 is 0 Å². The Balaban J connectivity index is 2.22. The number of pyridine rings is 1. The number of benzene rings is 1. The third-order valence-electron chi connectivity index (χ3n) is 2.50. The zero-order valence-electron chi connectivity index (χ0n) is 8.86. The van der Waals surface area contributed by atoms with Crippen molar-refractivity contribution in [2.75, 3.05) is 0 Å². The summed E-state index contributed by atoms with van der Waals surface area (Å²) in [6.07, 6.45) is 4.00. The summed E-state index contributed by atoms with van der Waals surface area (Å²) in [7, 11) is 0. The maximum Gasteiger partial charge on any atom is 0.127 e. The molecular weight excluding hydrogens is 203 g/mol. The van der Waals surface area contributed by atoms with Gasteiger partial charge in [-0.05, 0) is 34.9 Å². The summed E-state index contributed by atoms with van der Waals surface area (Å²) in [6, 6.07) is 8.92. The number of rotatable bonds is 3. The number of aromatic nitrogens is 1. The molecule has 0 radical (unpaired) electrons. The van der Waals surface area contributed by atoms with Gasteiger partial charge >= 0.3 is 0 Å². The lowest BCUT2D eigenvalue weighted by molar-refractivity contribution is 0.611. The van der Waals surface area contributed by atoms with Crippen molar-refractivity contribution < 1.29 is 4.39 Å². The second-order valence-corrected chi connectivity index (χ2v) is 3.66. The molecule has 2 aromatic rings. The maximum atomic E-state index is 13.7. The third kappa shape index (κ3) is 2.44. The van der Waals surface area contributed by atoms with Crippen molar-refractivity contribution in [3.05, 3.63) is 65.2 Å². The summed E-state index contributed by atoms with van der Waals surface area (Å²) in [6.45, 7) is 0.368. The molecule has 0 aliphatic carbocycles. The summed E-state index contributed by atoms with van der Waals surface area (Å²) in [5.41, 5.74) is 8.00. The summed E-state index contributed by atoms with van der Waals surface area (Å²) in [5.74, 6) is -0.195. The highest BCUT2D eigenvalue weighted by Gasteiger charge is 2.03. The predicted octanol–water partition coefficient (Wildman–Crippen LogP) is 2.27. The van der Waals surface area contributed by atoms with Gasteiger partial charge in [-0.3, -0.25) is 4.98 Å². The van der Waals surface area contributed by atoms with E-state index in [1.807, 2.05) is 18.2 Å². The van der Waals surface area contributed by atoms with Crippen LogP contribution in [0.2, 0.25) is 0 Å². The Hall–Kier alpha value is -1.74. The van der Waals surface area contributed by atoms with E-state index in [1.165, 1.54) is 6.07 Å². The Kier molecular flexibility index (Phi) is 3.27. The van der Waals surface area contributed by atoms with Gasteiger partial charge in [0.25, 0.3) is 0 Å². The van der Waals surface area contributed by atoms with Crippen LogP contribution in [0.3, 0.4) is 0 Å². The van der Waals surface area contributed by atoms with Gasteiger partial charge in [-0.2, -0.15) is 0 Å². The third-order valence-corrected chi connectivity index (χ3v) is 2.50. The minimum Gasteiger partial charge on any atom is -0.326 e. The highest BCUT2D eigenvalue weighted by molar-refractivity contribution is 5.29. The predicted molar refractivity (Wildman–Crippen MR) is 61.3 cm³/mol. The van der Waals surface area contributed by atoms with Gasteiger partial charge in [-0.15, -0.1) is 0 Å². The zero-order chi connectivity index (χ0) is 11.4. The highest BCUT2D eigenvalue weighted by atomic mass is 19.1. The van der Waals surface area contributed by atoms with E-state index in [1.54, 1.807) is 18.5 Å². The van der Waals surface area contributed by atoms with Gasteiger partial charge in [-0.1, -0.05) is 12.1 Å². The lowest BCUT2D eigenvalue weighted by Crippen LogP contribution is -1.99. The van der Waals surface area contributed by atoms with Crippen LogP contribution in [0.5, 0.6) is 0 Å². The summed E-state index contributed by atoms with van der Waals surface area (Å²) in [5, 5.41) is 0. The molecule has 82 valence electrons. The fourth-order valence-corrected chi connectivity index (χ4v) is 1.58. The fraction of sp³-hybridized carbons (Fsp3) is 0.154. The van der Waals surface area contributed by atoms with E-state index in [9.17, 15) is 4.39 Å². The number of hydrogen-bond acceptors (Lipinski definition) is 2. The van der Waals surface area contributed by atoms with Crippen LogP contribution in [-0.4, -0.2) is 4.98 Å². The van der Waals surface area contributed by atoms with E-state index < -0.39 is 0 Å². The molecule has 0 unspecified atom stereocenters. The molecule has 0 saturated carbocycles. The van der Waals surface area contributed by atoms with Crippen molar-refractivity contribution in [2.45, 2.75) is 13.0 Å². The van der Waals surface area contributed by atoms with E-state index in [4.69, 9.17) is 5.73 Å². The van der Waals surface area contributed by atoms with E-state index in [-0.39, 0.29) is 5.82 Å². The zero-order valence-corrected chi connectivity index (χ0v) is 8.86. The lowest BCUT2D eigenvalue weighted by atomic mass is 10.0. The van der Waals surface area contributed by atoms with Crippen molar-refractivity contribution in [2.24, 2.45) is 5.73 Å². The van der Waals surface area contributed by atoms with Gasteiger partial charge in [0.05, 0.1) is 0 Å². The van der Waals surface area contributed by atoms with E-state index in [0.717, 1.165) is 11.1 Å². The number of nitrogens with zero attached hydrogens (tertiary/aromatic N) is 1. The van der Waals surface area contributed by atoms with E-state index >= 15 is 0 Å².